The van der Waals surface area contributed by atoms with Crippen molar-refractivity contribution in [2.45, 2.75) is 43.9 Å². The van der Waals surface area contributed by atoms with Crippen LogP contribution in [0.2, 0.25) is 5.02 Å². The molecule has 1 fully saturated rings. The third-order valence-electron chi connectivity index (χ3n) is 6.84. The molecule has 0 bridgehead atoms. The summed E-state index contributed by atoms with van der Waals surface area (Å²) in [6.07, 6.45) is 1.22. The molecule has 10 heteroatoms. The number of aliphatic hydroxyl groups excluding tert-OH is 2. The fourth-order valence-corrected chi connectivity index (χ4v) is 5.11. The summed E-state index contributed by atoms with van der Waals surface area (Å²) in [6.45, 7) is 5.83. The molecule has 1 saturated heterocycles. The minimum Gasteiger partial charge on any atom is -0.387 e. The molecule has 0 saturated carbocycles. The fourth-order valence-electron chi connectivity index (χ4n) is 4.98. The number of nitrogens with one attached hydrogen (secondary N) is 1. The summed E-state index contributed by atoms with van der Waals surface area (Å²) in [4.78, 5) is 24.2. The van der Waals surface area contributed by atoms with E-state index in [4.69, 9.17) is 17.3 Å². The molecule has 1 aliphatic heterocycles. The van der Waals surface area contributed by atoms with E-state index < -0.39 is 12.3 Å². The van der Waals surface area contributed by atoms with Gasteiger partial charge in [0, 0.05) is 62.2 Å². The Labute approximate surface area is 204 Å². The van der Waals surface area contributed by atoms with Crippen molar-refractivity contribution in [1.29, 1.82) is 0 Å². The molecule has 3 unspecified atom stereocenters. The monoisotopic (exact) mass is 488 g/mol. The first-order valence-corrected chi connectivity index (χ1v) is 12.2. The van der Waals surface area contributed by atoms with E-state index in [9.17, 15) is 15.0 Å². The molecule has 4 atom stereocenters. The zero-order valence-corrected chi connectivity index (χ0v) is 20.2. The minimum atomic E-state index is -0.707. The highest BCUT2D eigenvalue weighted by atomic mass is 35.5. The van der Waals surface area contributed by atoms with Gasteiger partial charge in [0.25, 0.3) is 0 Å². The number of nitrogens with zero attached hydrogens (tertiary/aromatic N) is 4. The number of carbonyl (C=O) groups excluding carboxylic acids is 1. The van der Waals surface area contributed by atoms with Crippen LogP contribution in [0, 0.1) is 0 Å². The van der Waals surface area contributed by atoms with Crippen molar-refractivity contribution in [3.63, 3.8) is 0 Å². The molecule has 184 valence electrons. The van der Waals surface area contributed by atoms with E-state index >= 15 is 0 Å². The molecule has 0 radical (unpaired) electrons. The van der Waals surface area contributed by atoms with Crippen molar-refractivity contribution in [3.8, 4) is 0 Å². The van der Waals surface area contributed by atoms with E-state index in [1.165, 1.54) is 6.33 Å². The maximum atomic E-state index is 11.3. The highest BCUT2D eigenvalue weighted by Gasteiger charge is 2.35. The third kappa shape index (κ3) is 5.50. The van der Waals surface area contributed by atoms with Gasteiger partial charge in [0.15, 0.2) is 0 Å². The number of anilines is 1. The molecule has 1 amide bonds. The second-order valence-corrected chi connectivity index (χ2v) is 9.60. The van der Waals surface area contributed by atoms with Crippen LogP contribution in [0.3, 0.4) is 0 Å². The van der Waals surface area contributed by atoms with Crippen molar-refractivity contribution in [2.75, 3.05) is 44.2 Å². The van der Waals surface area contributed by atoms with Crippen LogP contribution in [-0.4, -0.2) is 76.5 Å². The first-order chi connectivity index (χ1) is 16.3. The molecule has 5 N–H and O–H groups in total. The second kappa shape index (κ2) is 11.0. The van der Waals surface area contributed by atoms with Crippen LogP contribution >= 0.6 is 11.6 Å². The number of carbonyl (C=O) groups is 1. The Kier molecular flexibility index (Phi) is 8.00. The highest BCUT2D eigenvalue weighted by Crippen LogP contribution is 2.42. The Morgan fingerprint density at radius 3 is 2.62 bits per heavy atom. The lowest BCUT2D eigenvalue weighted by molar-refractivity contribution is -0.117. The van der Waals surface area contributed by atoms with Gasteiger partial charge in [-0.05, 0) is 30.0 Å². The summed E-state index contributed by atoms with van der Waals surface area (Å²) in [5, 5.41) is 25.5. The number of piperazine rings is 1. The van der Waals surface area contributed by atoms with Crippen LogP contribution in [0.15, 0.2) is 30.6 Å². The molecular formula is C24H33ClN6O3. The van der Waals surface area contributed by atoms with Crippen molar-refractivity contribution >= 4 is 23.3 Å². The molecule has 4 rings (SSSR count). The van der Waals surface area contributed by atoms with Gasteiger partial charge in [-0.2, -0.15) is 0 Å². The van der Waals surface area contributed by atoms with E-state index in [-0.39, 0.29) is 24.2 Å². The molecule has 1 aromatic heterocycles. The average molecular weight is 489 g/mol. The molecule has 2 aliphatic rings. The smallest absolute Gasteiger partial charge is 0.218 e. The maximum Gasteiger partial charge on any atom is 0.218 e. The molecular weight excluding hydrogens is 456 g/mol. The topological polar surface area (TPSA) is 128 Å². The van der Waals surface area contributed by atoms with Crippen molar-refractivity contribution < 1.29 is 15.0 Å². The van der Waals surface area contributed by atoms with Crippen LogP contribution in [-0.2, 0) is 4.79 Å². The van der Waals surface area contributed by atoms with Gasteiger partial charge in [-0.3, -0.25) is 9.69 Å². The van der Waals surface area contributed by atoms with Crippen molar-refractivity contribution in [3.05, 3.63) is 52.4 Å². The molecule has 1 aromatic carbocycles. The predicted octanol–water partition coefficient (Wildman–Crippen LogP) is 1.36. The Hall–Kier alpha value is -2.30. The minimum absolute atomic E-state index is 0.199. The van der Waals surface area contributed by atoms with Crippen molar-refractivity contribution in [1.82, 2.24) is 20.2 Å². The predicted molar refractivity (Wildman–Crippen MR) is 131 cm³/mol. The van der Waals surface area contributed by atoms with E-state index in [2.05, 4.69) is 32.0 Å². The number of hydrogen-bond donors (Lipinski definition) is 4. The Morgan fingerprint density at radius 2 is 1.94 bits per heavy atom. The van der Waals surface area contributed by atoms with Crippen molar-refractivity contribution in [2.24, 2.45) is 5.73 Å². The Bertz CT molecular complexity index is 983. The molecule has 2 aromatic rings. The van der Waals surface area contributed by atoms with E-state index in [0.717, 1.165) is 22.6 Å². The van der Waals surface area contributed by atoms with Gasteiger partial charge >= 0.3 is 0 Å². The maximum absolute atomic E-state index is 11.3. The van der Waals surface area contributed by atoms with E-state index in [1.807, 2.05) is 24.3 Å². The first-order valence-electron chi connectivity index (χ1n) is 11.8. The summed E-state index contributed by atoms with van der Waals surface area (Å²) in [6, 6.07) is 7.50. The van der Waals surface area contributed by atoms with Gasteiger partial charge in [0.2, 0.25) is 5.91 Å². The standard InChI is InChI=1S/C24H33ClN6O3/c1-15-12-19(32)22-21(15)23(29-14-28-22)30-8-10-31(11-9-30)24(34)18(13-27-7-6-20(26)33)16-2-4-17(25)5-3-16/h2-5,14-15,18-19,24,27,32,34H,6-13H2,1H3,(H2,26,33)/t15-,18?,19?,24?/m1/s1. The van der Waals surface area contributed by atoms with E-state index in [0.29, 0.717) is 50.7 Å². The largest absolute Gasteiger partial charge is 0.387 e. The second-order valence-electron chi connectivity index (χ2n) is 9.16. The number of fused-ring (bicyclic) bond motifs is 1. The normalized spacial score (nSPS) is 22.4. The Morgan fingerprint density at radius 1 is 1.24 bits per heavy atom. The summed E-state index contributed by atoms with van der Waals surface area (Å²) in [5.74, 6) is 0.552. The lowest BCUT2D eigenvalue weighted by Crippen LogP contribution is -2.53. The Balaban J connectivity index is 1.43. The fraction of sp³-hybridized carbons (Fsp3) is 0.542. The van der Waals surface area contributed by atoms with Gasteiger partial charge < -0.3 is 26.2 Å². The molecule has 0 spiro atoms. The van der Waals surface area contributed by atoms with Gasteiger partial charge in [0.1, 0.15) is 18.4 Å². The number of hydrogen-bond acceptors (Lipinski definition) is 8. The first kappa shape index (κ1) is 24.8. The molecule has 9 nitrogen and oxygen atoms in total. The van der Waals surface area contributed by atoms with Gasteiger partial charge in [-0.1, -0.05) is 30.7 Å². The highest BCUT2D eigenvalue weighted by molar-refractivity contribution is 6.30. The van der Waals surface area contributed by atoms with Gasteiger partial charge in [-0.25, -0.2) is 9.97 Å². The number of nitrogens with two attached hydrogens (primary N) is 1. The summed E-state index contributed by atoms with van der Waals surface area (Å²) < 4.78 is 0. The average Bonchev–Trinajstić information content (AvgIpc) is 3.13. The number of halogens is 1. The number of primary amides is 1. The number of aromatic nitrogens is 2. The summed E-state index contributed by atoms with van der Waals surface area (Å²) in [7, 11) is 0. The lowest BCUT2D eigenvalue weighted by atomic mass is 9.95. The zero-order chi connectivity index (χ0) is 24.2. The van der Waals surface area contributed by atoms with Gasteiger partial charge in [-0.15, -0.1) is 0 Å². The SMILES string of the molecule is C[C@@H]1CC(O)c2ncnc(N3CCN(C(O)C(CNCCC(N)=O)c4ccc(Cl)cc4)CC3)c21. The van der Waals surface area contributed by atoms with Crippen LogP contribution in [0.4, 0.5) is 5.82 Å². The van der Waals surface area contributed by atoms with E-state index in [1.54, 1.807) is 0 Å². The summed E-state index contributed by atoms with van der Waals surface area (Å²) >= 11 is 6.07. The number of benzene rings is 1. The molecule has 34 heavy (non-hydrogen) atoms. The lowest BCUT2D eigenvalue weighted by Gasteiger charge is -2.41. The number of rotatable bonds is 9. The van der Waals surface area contributed by atoms with Crippen LogP contribution in [0.25, 0.3) is 0 Å². The summed E-state index contributed by atoms with van der Waals surface area (Å²) in [5.41, 5.74) is 8.00. The number of aliphatic hydroxyl groups is 2. The van der Waals surface area contributed by atoms with Crippen LogP contribution < -0.4 is 16.0 Å². The zero-order valence-electron chi connectivity index (χ0n) is 19.4. The molecule has 2 heterocycles. The third-order valence-corrected chi connectivity index (χ3v) is 7.09. The molecule has 1 aliphatic carbocycles. The quantitative estimate of drug-likeness (QED) is 0.389. The van der Waals surface area contributed by atoms with Crippen LogP contribution in [0.5, 0.6) is 0 Å². The van der Waals surface area contributed by atoms with Crippen LogP contribution in [0.1, 0.15) is 54.5 Å². The number of amides is 1. The van der Waals surface area contributed by atoms with Gasteiger partial charge in [0.05, 0.1) is 11.8 Å².